The van der Waals surface area contributed by atoms with Gasteiger partial charge in [0.15, 0.2) is 0 Å². The van der Waals surface area contributed by atoms with E-state index in [4.69, 9.17) is 0 Å². The van der Waals surface area contributed by atoms with Gasteiger partial charge in [-0.15, -0.1) is 0 Å². The molecule has 0 saturated carbocycles. The number of nitrogens with zero attached hydrogens (tertiary/aromatic N) is 2. The molecule has 0 bridgehead atoms. The molecule has 0 radical (unpaired) electrons. The van der Waals surface area contributed by atoms with Gasteiger partial charge in [-0.2, -0.15) is 0 Å². The van der Waals surface area contributed by atoms with Gasteiger partial charge >= 0.3 is 6.09 Å². The van der Waals surface area contributed by atoms with Crippen LogP contribution in [-0.4, -0.2) is 62.9 Å². The zero-order valence-electron chi connectivity index (χ0n) is 15.6. The normalized spacial score (nSPS) is 19.9. The van der Waals surface area contributed by atoms with Gasteiger partial charge in [-0.1, -0.05) is 19.1 Å². The lowest BCUT2D eigenvalue weighted by atomic mass is 9.88. The summed E-state index contributed by atoms with van der Waals surface area (Å²) in [7, 11) is 0. The predicted molar refractivity (Wildman–Crippen MR) is 96.0 cm³/mol. The van der Waals surface area contributed by atoms with Crippen LogP contribution >= 0.6 is 0 Å². The maximum absolute atomic E-state index is 13.6. The Kier molecular flexibility index (Phi) is 5.78. The fourth-order valence-electron chi connectivity index (χ4n) is 3.44. The van der Waals surface area contributed by atoms with Crippen molar-refractivity contribution in [3.05, 3.63) is 29.8 Å². The van der Waals surface area contributed by atoms with Gasteiger partial charge in [-0.05, 0) is 44.9 Å². The minimum atomic E-state index is -1.20. The first-order chi connectivity index (χ1) is 12.0. The fraction of sp³-hybridized carbons (Fsp3) is 0.579. The number of benzene rings is 1. The monoisotopic (exact) mass is 366 g/mol. The highest BCUT2D eigenvalue weighted by atomic mass is 19.1. The van der Waals surface area contributed by atoms with Crippen LogP contribution in [0, 0.1) is 0 Å². The largest absolute Gasteiger partial charge is 0.508 e. The zero-order chi connectivity index (χ0) is 19.6. The van der Waals surface area contributed by atoms with Gasteiger partial charge in [0.25, 0.3) is 0 Å². The summed E-state index contributed by atoms with van der Waals surface area (Å²) >= 11 is 0. The summed E-state index contributed by atoms with van der Waals surface area (Å²) in [5.41, 5.74) is -0.0840. The van der Waals surface area contributed by atoms with Crippen LogP contribution in [0.25, 0.3) is 0 Å². The van der Waals surface area contributed by atoms with Gasteiger partial charge in [0.2, 0.25) is 5.91 Å². The van der Waals surface area contributed by atoms with Crippen molar-refractivity contribution >= 4 is 12.0 Å². The molecule has 1 aromatic carbocycles. The summed E-state index contributed by atoms with van der Waals surface area (Å²) in [6.45, 7) is 7.25. The van der Waals surface area contributed by atoms with Crippen molar-refractivity contribution < 1.29 is 24.2 Å². The smallest absolute Gasteiger partial charge is 0.408 e. The van der Waals surface area contributed by atoms with E-state index in [1.165, 1.54) is 17.0 Å². The molecule has 0 aliphatic carbocycles. The average Bonchev–Trinajstić information content (AvgIpc) is 2.97. The highest BCUT2D eigenvalue weighted by Gasteiger charge is 2.44. The number of phenolic OH excluding ortho intramolecular Hbond substituents is 1. The van der Waals surface area contributed by atoms with E-state index in [1.54, 1.807) is 39.8 Å². The number of carbonyl (C=O) groups is 2. The van der Waals surface area contributed by atoms with Crippen LogP contribution in [0.1, 0.15) is 45.6 Å². The predicted octanol–water partition coefficient (Wildman–Crippen LogP) is 3.21. The number of hydrogen-bond donors (Lipinski definition) is 2. The average molecular weight is 366 g/mol. The molecule has 1 fully saturated rings. The first kappa shape index (κ1) is 20.0. The van der Waals surface area contributed by atoms with Gasteiger partial charge in [-0.3, -0.25) is 9.69 Å². The molecule has 2 amide bonds. The maximum Gasteiger partial charge on any atom is 0.408 e. The van der Waals surface area contributed by atoms with Crippen LogP contribution in [0.15, 0.2) is 24.3 Å². The first-order valence-corrected chi connectivity index (χ1v) is 8.76. The number of alkyl halides is 1. The Hall–Kier alpha value is -2.31. The Balaban J connectivity index is 2.44. The first-order valence-electron chi connectivity index (χ1n) is 8.76. The van der Waals surface area contributed by atoms with E-state index < -0.39 is 29.8 Å². The summed E-state index contributed by atoms with van der Waals surface area (Å²) in [5.74, 6) is -0.755. The number of carbonyl (C=O) groups excluding carboxylic acids is 1. The van der Waals surface area contributed by atoms with E-state index in [0.717, 1.165) is 10.5 Å². The Bertz CT molecular complexity index is 656. The molecule has 7 heteroatoms. The van der Waals surface area contributed by atoms with E-state index in [2.05, 4.69) is 0 Å². The summed E-state index contributed by atoms with van der Waals surface area (Å²) in [6.07, 6.45) is -2.00. The molecule has 1 saturated heterocycles. The van der Waals surface area contributed by atoms with Crippen molar-refractivity contribution in [3.8, 4) is 5.75 Å². The number of rotatable bonds is 4. The van der Waals surface area contributed by atoms with Crippen molar-refractivity contribution in [2.45, 2.75) is 57.8 Å². The maximum atomic E-state index is 13.6. The van der Waals surface area contributed by atoms with Crippen molar-refractivity contribution in [3.63, 3.8) is 0 Å². The highest BCUT2D eigenvalue weighted by molar-refractivity contribution is 5.87. The third-order valence-electron chi connectivity index (χ3n) is 4.79. The SMILES string of the molecule is C[C@H](c1ccc(O)cc1)[C@@H](C(=O)N1CC[C@H](F)C1)N(C(=O)O)C(C)(C)C. The highest BCUT2D eigenvalue weighted by Crippen LogP contribution is 2.31. The van der Waals surface area contributed by atoms with Gasteiger partial charge in [0.1, 0.15) is 18.0 Å². The topological polar surface area (TPSA) is 81.1 Å². The molecule has 1 aliphatic heterocycles. The number of aromatic hydroxyl groups is 1. The van der Waals surface area contributed by atoms with E-state index in [1.807, 2.05) is 0 Å². The molecule has 144 valence electrons. The summed E-state index contributed by atoms with van der Waals surface area (Å²) in [5, 5.41) is 19.3. The zero-order valence-corrected chi connectivity index (χ0v) is 15.6. The molecule has 3 atom stereocenters. The minimum Gasteiger partial charge on any atom is -0.508 e. The third kappa shape index (κ3) is 4.26. The van der Waals surface area contributed by atoms with Crippen molar-refractivity contribution in [2.24, 2.45) is 0 Å². The molecule has 1 aromatic rings. The molecule has 26 heavy (non-hydrogen) atoms. The van der Waals surface area contributed by atoms with Crippen molar-refractivity contribution in [1.29, 1.82) is 0 Å². The summed E-state index contributed by atoms with van der Waals surface area (Å²) in [4.78, 5) is 27.7. The quantitative estimate of drug-likeness (QED) is 0.857. The van der Waals surface area contributed by atoms with Gasteiger partial charge in [-0.25, -0.2) is 9.18 Å². The van der Waals surface area contributed by atoms with Crippen molar-refractivity contribution in [2.75, 3.05) is 13.1 Å². The third-order valence-corrected chi connectivity index (χ3v) is 4.79. The molecule has 2 N–H and O–H groups in total. The van der Waals surface area contributed by atoms with E-state index >= 15 is 0 Å². The second kappa shape index (κ2) is 7.51. The standard InChI is InChI=1S/C19H27FN2O4/c1-12(13-5-7-15(23)8-6-13)16(22(18(25)26)19(2,3)4)17(24)21-10-9-14(20)11-21/h5-8,12,14,16,23H,9-11H2,1-4H3,(H,25,26)/t12-,14+,16+/m1/s1. The Labute approximate surface area is 153 Å². The van der Waals surface area contributed by atoms with Gasteiger partial charge < -0.3 is 15.1 Å². The number of carboxylic acid groups (broad SMARTS) is 1. The molecule has 0 spiro atoms. The number of phenols is 1. The molecule has 2 rings (SSSR count). The number of amides is 2. The molecule has 1 aliphatic rings. The molecule has 0 unspecified atom stereocenters. The Morgan fingerprint density at radius 2 is 1.85 bits per heavy atom. The number of hydrogen-bond acceptors (Lipinski definition) is 3. The molecular formula is C19H27FN2O4. The summed E-state index contributed by atoms with van der Waals surface area (Å²) < 4.78 is 13.6. The number of halogens is 1. The lowest BCUT2D eigenvalue weighted by molar-refractivity contribution is -0.138. The molecule has 1 heterocycles. The fourth-order valence-corrected chi connectivity index (χ4v) is 3.44. The van der Waals surface area contributed by atoms with Crippen LogP contribution in [0.5, 0.6) is 5.75 Å². The van der Waals surface area contributed by atoms with E-state index in [-0.39, 0.29) is 31.2 Å². The molecule has 0 aromatic heterocycles. The number of likely N-dealkylation sites (tertiary alicyclic amines) is 1. The van der Waals surface area contributed by atoms with Crippen LogP contribution in [-0.2, 0) is 4.79 Å². The Morgan fingerprint density at radius 3 is 2.27 bits per heavy atom. The second-order valence-corrected chi connectivity index (χ2v) is 7.82. The van der Waals surface area contributed by atoms with Crippen LogP contribution in [0.3, 0.4) is 0 Å². The molecular weight excluding hydrogens is 339 g/mol. The summed E-state index contributed by atoms with van der Waals surface area (Å²) in [6, 6.07) is 5.37. The van der Waals surface area contributed by atoms with Crippen LogP contribution in [0.4, 0.5) is 9.18 Å². The van der Waals surface area contributed by atoms with Gasteiger partial charge in [0.05, 0.1) is 6.54 Å². The Morgan fingerprint density at radius 1 is 1.27 bits per heavy atom. The van der Waals surface area contributed by atoms with E-state index in [9.17, 15) is 24.2 Å². The van der Waals surface area contributed by atoms with Crippen LogP contribution in [0.2, 0.25) is 0 Å². The van der Waals surface area contributed by atoms with E-state index in [0.29, 0.717) is 0 Å². The lowest BCUT2D eigenvalue weighted by Crippen LogP contribution is -2.59. The second-order valence-electron chi connectivity index (χ2n) is 7.82. The van der Waals surface area contributed by atoms with Gasteiger partial charge in [0, 0.05) is 18.0 Å². The molecule has 6 nitrogen and oxygen atoms in total. The van der Waals surface area contributed by atoms with Crippen molar-refractivity contribution in [1.82, 2.24) is 9.80 Å². The van der Waals surface area contributed by atoms with Crippen LogP contribution < -0.4 is 0 Å². The minimum absolute atomic E-state index is 0.00473. The lowest BCUT2D eigenvalue weighted by Gasteiger charge is -2.42.